The molecule has 0 spiro atoms. The van der Waals surface area contributed by atoms with Crippen molar-refractivity contribution in [2.24, 2.45) is 0 Å². The van der Waals surface area contributed by atoms with E-state index in [2.05, 4.69) is 10.4 Å². The molecule has 1 aromatic heterocycles. The third kappa shape index (κ3) is 3.69. The van der Waals surface area contributed by atoms with Crippen molar-refractivity contribution in [2.45, 2.75) is 26.8 Å². The number of rotatable bonds is 6. The van der Waals surface area contributed by atoms with Crippen molar-refractivity contribution in [1.29, 1.82) is 0 Å². The van der Waals surface area contributed by atoms with Crippen molar-refractivity contribution in [3.8, 4) is 0 Å². The summed E-state index contributed by atoms with van der Waals surface area (Å²) in [5.74, 6) is -0.227. The molecule has 0 radical (unpaired) electrons. The first-order valence-corrected chi connectivity index (χ1v) is 7.00. The Morgan fingerprint density at radius 3 is 2.73 bits per heavy atom. The summed E-state index contributed by atoms with van der Waals surface area (Å²) in [5.41, 5.74) is 2.01. The van der Waals surface area contributed by atoms with Crippen LogP contribution >= 0.6 is 0 Å². The average molecular weight is 302 g/mol. The van der Waals surface area contributed by atoms with Gasteiger partial charge in [-0.2, -0.15) is 5.10 Å². The highest BCUT2D eigenvalue weighted by molar-refractivity contribution is 5.94. The molecule has 0 saturated carbocycles. The molecule has 2 aromatic rings. The maximum absolute atomic E-state index is 12.0. The summed E-state index contributed by atoms with van der Waals surface area (Å²) in [7, 11) is 0. The lowest BCUT2D eigenvalue weighted by Gasteiger charge is -2.07. The molecule has 1 aromatic carbocycles. The Morgan fingerprint density at radius 1 is 1.36 bits per heavy atom. The molecular formula is C15H18N4O3. The maximum Gasteiger partial charge on any atom is 0.272 e. The third-order valence-corrected chi connectivity index (χ3v) is 3.42. The minimum Gasteiger partial charge on any atom is -0.352 e. The molecule has 0 aliphatic heterocycles. The Balaban J connectivity index is 1.86. The topological polar surface area (TPSA) is 90.1 Å². The summed E-state index contributed by atoms with van der Waals surface area (Å²) < 4.78 is 1.88. The third-order valence-electron chi connectivity index (χ3n) is 3.42. The zero-order valence-corrected chi connectivity index (χ0v) is 12.6. The van der Waals surface area contributed by atoms with Crippen LogP contribution in [0.4, 0.5) is 5.69 Å². The first-order chi connectivity index (χ1) is 10.5. The van der Waals surface area contributed by atoms with Gasteiger partial charge in [-0.15, -0.1) is 0 Å². The van der Waals surface area contributed by atoms with Crippen molar-refractivity contribution >= 4 is 11.6 Å². The van der Waals surface area contributed by atoms with Gasteiger partial charge in [-0.1, -0.05) is 0 Å². The number of nitrogens with one attached hydrogen (secondary N) is 1. The van der Waals surface area contributed by atoms with Crippen LogP contribution < -0.4 is 5.32 Å². The number of nitro groups is 1. The molecule has 0 unspecified atom stereocenters. The van der Waals surface area contributed by atoms with Crippen molar-refractivity contribution in [1.82, 2.24) is 15.1 Å². The van der Waals surface area contributed by atoms with Crippen LogP contribution in [0.25, 0.3) is 0 Å². The number of hydrogen-bond donors (Lipinski definition) is 1. The largest absolute Gasteiger partial charge is 0.352 e. The Hall–Kier alpha value is -2.70. The smallest absolute Gasteiger partial charge is 0.272 e. The number of carbonyl (C=O) groups is 1. The van der Waals surface area contributed by atoms with Crippen molar-refractivity contribution in [3.63, 3.8) is 0 Å². The minimum absolute atomic E-state index is 0.0192. The average Bonchev–Trinajstić information content (AvgIpc) is 2.88. The van der Waals surface area contributed by atoms with Gasteiger partial charge < -0.3 is 5.32 Å². The van der Waals surface area contributed by atoms with Crippen LogP contribution in [0.5, 0.6) is 0 Å². The first kappa shape index (κ1) is 15.7. The summed E-state index contributed by atoms with van der Waals surface area (Å²) in [5, 5.41) is 17.7. The van der Waals surface area contributed by atoms with Gasteiger partial charge in [0.1, 0.15) is 0 Å². The van der Waals surface area contributed by atoms with Crippen LogP contribution in [0.2, 0.25) is 0 Å². The second-order valence-corrected chi connectivity index (χ2v) is 5.06. The van der Waals surface area contributed by atoms with Gasteiger partial charge in [-0.05, 0) is 38.5 Å². The molecule has 2 rings (SSSR count). The number of carbonyl (C=O) groups excluding carboxylic acids is 1. The molecule has 0 saturated heterocycles. The Bertz CT molecular complexity index is 694. The van der Waals surface area contributed by atoms with E-state index < -0.39 is 4.92 Å². The molecule has 1 amide bonds. The fraction of sp³-hybridized carbons (Fsp3) is 0.333. The molecule has 1 heterocycles. The van der Waals surface area contributed by atoms with E-state index in [-0.39, 0.29) is 11.6 Å². The molecule has 1 N–H and O–H groups in total. The van der Waals surface area contributed by atoms with Crippen LogP contribution in [0, 0.1) is 24.0 Å². The van der Waals surface area contributed by atoms with Gasteiger partial charge in [0, 0.05) is 42.2 Å². The normalized spacial score (nSPS) is 10.5. The fourth-order valence-corrected chi connectivity index (χ4v) is 2.17. The Labute approximate surface area is 128 Å². The van der Waals surface area contributed by atoms with E-state index in [0.717, 1.165) is 18.7 Å². The molecule has 7 nitrogen and oxygen atoms in total. The Morgan fingerprint density at radius 2 is 2.14 bits per heavy atom. The van der Waals surface area contributed by atoms with Gasteiger partial charge in [0.05, 0.1) is 4.92 Å². The molecule has 7 heteroatoms. The van der Waals surface area contributed by atoms with E-state index in [4.69, 9.17) is 0 Å². The van der Waals surface area contributed by atoms with E-state index in [1.54, 1.807) is 13.1 Å². The van der Waals surface area contributed by atoms with Crippen molar-refractivity contribution in [2.75, 3.05) is 6.54 Å². The quantitative estimate of drug-likeness (QED) is 0.503. The lowest BCUT2D eigenvalue weighted by atomic mass is 10.1. The second kappa shape index (κ2) is 6.84. The maximum atomic E-state index is 12.0. The second-order valence-electron chi connectivity index (χ2n) is 5.06. The van der Waals surface area contributed by atoms with Crippen LogP contribution in [-0.4, -0.2) is 27.2 Å². The lowest BCUT2D eigenvalue weighted by molar-refractivity contribution is -0.385. The van der Waals surface area contributed by atoms with Crippen LogP contribution in [0.3, 0.4) is 0 Å². The standard InChI is InChI=1S/C15H18N4O3/c1-11-10-13(4-5-14(11)19(21)22)15(20)16-7-3-9-18-12(2)6-8-17-18/h4-6,8,10H,3,7,9H2,1-2H3,(H,16,20). The summed E-state index contributed by atoms with van der Waals surface area (Å²) in [6.45, 7) is 4.85. The highest BCUT2D eigenvalue weighted by Crippen LogP contribution is 2.18. The zero-order valence-electron chi connectivity index (χ0n) is 12.6. The molecule has 0 aliphatic carbocycles. The van der Waals surface area contributed by atoms with Gasteiger partial charge in [0.2, 0.25) is 0 Å². The van der Waals surface area contributed by atoms with E-state index in [1.807, 2.05) is 17.7 Å². The van der Waals surface area contributed by atoms with E-state index in [0.29, 0.717) is 17.7 Å². The molecular weight excluding hydrogens is 284 g/mol. The number of aryl methyl sites for hydroxylation is 3. The lowest BCUT2D eigenvalue weighted by Crippen LogP contribution is -2.25. The van der Waals surface area contributed by atoms with Crippen molar-refractivity contribution < 1.29 is 9.72 Å². The van der Waals surface area contributed by atoms with E-state index >= 15 is 0 Å². The molecule has 22 heavy (non-hydrogen) atoms. The van der Waals surface area contributed by atoms with E-state index in [1.165, 1.54) is 18.2 Å². The highest BCUT2D eigenvalue weighted by Gasteiger charge is 2.13. The SMILES string of the molecule is Cc1cc(C(=O)NCCCn2nccc2C)ccc1[N+](=O)[O-]. The number of aromatic nitrogens is 2. The summed E-state index contributed by atoms with van der Waals surface area (Å²) in [4.78, 5) is 22.3. The van der Waals surface area contributed by atoms with Gasteiger partial charge in [0.15, 0.2) is 0 Å². The Kier molecular flexibility index (Phi) is 4.88. The predicted molar refractivity (Wildman–Crippen MR) is 81.7 cm³/mol. The van der Waals surface area contributed by atoms with Gasteiger partial charge in [-0.3, -0.25) is 19.6 Å². The minimum atomic E-state index is -0.455. The number of amides is 1. The van der Waals surface area contributed by atoms with Crippen LogP contribution in [0.1, 0.15) is 28.0 Å². The number of benzene rings is 1. The van der Waals surface area contributed by atoms with Crippen molar-refractivity contribution in [3.05, 3.63) is 57.4 Å². The fourth-order valence-electron chi connectivity index (χ4n) is 2.17. The van der Waals surface area contributed by atoms with E-state index in [9.17, 15) is 14.9 Å². The van der Waals surface area contributed by atoms with Gasteiger partial charge >= 0.3 is 0 Å². The molecule has 0 bridgehead atoms. The number of nitrogens with zero attached hydrogens (tertiary/aromatic N) is 3. The van der Waals surface area contributed by atoms with Gasteiger partial charge in [-0.25, -0.2) is 0 Å². The predicted octanol–water partition coefficient (Wildman–Crippen LogP) is 2.23. The molecule has 116 valence electrons. The number of nitro benzene ring substituents is 1. The monoisotopic (exact) mass is 302 g/mol. The summed E-state index contributed by atoms with van der Waals surface area (Å²) >= 11 is 0. The molecule has 0 atom stereocenters. The molecule has 0 fully saturated rings. The summed E-state index contributed by atoms with van der Waals surface area (Å²) in [6, 6.07) is 6.29. The highest BCUT2D eigenvalue weighted by atomic mass is 16.6. The van der Waals surface area contributed by atoms with Crippen LogP contribution in [-0.2, 0) is 6.54 Å². The van der Waals surface area contributed by atoms with Crippen LogP contribution in [0.15, 0.2) is 30.5 Å². The molecule has 0 aliphatic rings. The first-order valence-electron chi connectivity index (χ1n) is 7.00. The zero-order chi connectivity index (χ0) is 16.1. The summed E-state index contributed by atoms with van der Waals surface area (Å²) in [6.07, 6.45) is 2.51. The number of hydrogen-bond acceptors (Lipinski definition) is 4. The van der Waals surface area contributed by atoms with Gasteiger partial charge in [0.25, 0.3) is 11.6 Å².